The second-order valence-electron chi connectivity index (χ2n) is 6.45. The summed E-state index contributed by atoms with van der Waals surface area (Å²) < 4.78 is 7.29. The first-order valence-corrected chi connectivity index (χ1v) is 8.53. The third-order valence-corrected chi connectivity index (χ3v) is 4.99. The van der Waals surface area contributed by atoms with Gasteiger partial charge in [-0.15, -0.1) is 0 Å². The predicted octanol–water partition coefficient (Wildman–Crippen LogP) is -0.201. The fraction of sp³-hybridized carbons (Fsp3) is 0.750. The number of rotatable bonds is 5. The maximum absolute atomic E-state index is 12.9. The predicted molar refractivity (Wildman–Crippen MR) is 87.2 cm³/mol. The van der Waals surface area contributed by atoms with Gasteiger partial charge in [-0.3, -0.25) is 14.4 Å². The van der Waals surface area contributed by atoms with Gasteiger partial charge in [0.15, 0.2) is 0 Å². The number of ether oxygens (including phenoxy) is 1. The van der Waals surface area contributed by atoms with Crippen LogP contribution in [0.1, 0.15) is 19.8 Å². The molecule has 2 aliphatic rings. The number of nitrogens with one attached hydrogen (secondary N) is 2. The maximum Gasteiger partial charge on any atom is 0.248 e. The molecule has 1 amide bonds. The molecule has 2 saturated heterocycles. The van der Waals surface area contributed by atoms with Crippen molar-refractivity contribution in [2.24, 2.45) is 0 Å². The van der Waals surface area contributed by atoms with Crippen molar-refractivity contribution >= 4 is 5.91 Å². The molecule has 0 aliphatic carbocycles. The third-order valence-electron chi connectivity index (χ3n) is 4.99. The summed E-state index contributed by atoms with van der Waals surface area (Å²) in [5, 5.41) is 10.8. The van der Waals surface area contributed by atoms with Gasteiger partial charge in [0.1, 0.15) is 5.54 Å². The SMILES string of the molecule is CC1COCCN1CCNC(=O)C1(n2cccn2)CCNCC1. The van der Waals surface area contributed by atoms with E-state index in [2.05, 4.69) is 27.6 Å². The number of morpholine rings is 1. The quantitative estimate of drug-likeness (QED) is 0.786. The van der Waals surface area contributed by atoms with Gasteiger partial charge in [-0.25, -0.2) is 0 Å². The lowest BCUT2D eigenvalue weighted by atomic mass is 9.87. The Morgan fingerprint density at radius 2 is 2.30 bits per heavy atom. The second-order valence-corrected chi connectivity index (χ2v) is 6.45. The molecule has 7 nitrogen and oxygen atoms in total. The Labute approximate surface area is 137 Å². The topological polar surface area (TPSA) is 71.4 Å². The zero-order chi connectivity index (χ0) is 16.1. The van der Waals surface area contributed by atoms with Gasteiger partial charge in [0, 0.05) is 38.1 Å². The van der Waals surface area contributed by atoms with Crippen molar-refractivity contribution in [3.05, 3.63) is 18.5 Å². The van der Waals surface area contributed by atoms with Gasteiger partial charge < -0.3 is 15.4 Å². The molecule has 2 aliphatic heterocycles. The van der Waals surface area contributed by atoms with Crippen LogP contribution in [0.25, 0.3) is 0 Å². The number of amides is 1. The molecule has 1 aromatic heterocycles. The van der Waals surface area contributed by atoms with Gasteiger partial charge >= 0.3 is 0 Å². The minimum atomic E-state index is -0.550. The van der Waals surface area contributed by atoms with Crippen LogP contribution in [0.15, 0.2) is 18.5 Å². The maximum atomic E-state index is 12.9. The molecule has 0 radical (unpaired) electrons. The molecule has 0 spiro atoms. The first kappa shape index (κ1) is 16.4. The van der Waals surface area contributed by atoms with Crippen molar-refractivity contribution in [1.82, 2.24) is 25.3 Å². The second kappa shape index (κ2) is 7.42. The van der Waals surface area contributed by atoms with E-state index in [0.717, 1.165) is 52.2 Å². The molecule has 0 saturated carbocycles. The van der Waals surface area contributed by atoms with E-state index in [-0.39, 0.29) is 5.91 Å². The van der Waals surface area contributed by atoms with E-state index >= 15 is 0 Å². The van der Waals surface area contributed by atoms with E-state index in [1.54, 1.807) is 6.20 Å². The Hall–Kier alpha value is -1.44. The van der Waals surface area contributed by atoms with Crippen LogP contribution in [-0.2, 0) is 15.1 Å². The van der Waals surface area contributed by atoms with E-state index < -0.39 is 5.54 Å². The third kappa shape index (κ3) is 3.57. The van der Waals surface area contributed by atoms with Crippen molar-refractivity contribution in [2.45, 2.75) is 31.3 Å². The fourth-order valence-corrected chi connectivity index (χ4v) is 3.49. The van der Waals surface area contributed by atoms with E-state index in [4.69, 9.17) is 4.74 Å². The van der Waals surface area contributed by atoms with Crippen LogP contribution in [0.2, 0.25) is 0 Å². The number of carbonyl (C=O) groups is 1. The van der Waals surface area contributed by atoms with Crippen molar-refractivity contribution in [3.8, 4) is 0 Å². The van der Waals surface area contributed by atoms with Crippen LogP contribution in [0.3, 0.4) is 0 Å². The monoisotopic (exact) mass is 321 g/mol. The summed E-state index contributed by atoms with van der Waals surface area (Å²) in [6.45, 7) is 7.87. The van der Waals surface area contributed by atoms with Gasteiger partial charge in [0.25, 0.3) is 0 Å². The van der Waals surface area contributed by atoms with Gasteiger partial charge in [0.2, 0.25) is 5.91 Å². The van der Waals surface area contributed by atoms with E-state index in [1.165, 1.54) is 0 Å². The summed E-state index contributed by atoms with van der Waals surface area (Å²) in [7, 11) is 0. The lowest BCUT2D eigenvalue weighted by Gasteiger charge is -2.37. The Bertz CT molecular complexity index is 499. The van der Waals surface area contributed by atoms with E-state index in [9.17, 15) is 4.79 Å². The molecule has 1 atom stereocenters. The largest absolute Gasteiger partial charge is 0.379 e. The number of nitrogens with zero attached hydrogens (tertiary/aromatic N) is 3. The summed E-state index contributed by atoms with van der Waals surface area (Å²) in [6.07, 6.45) is 5.18. The lowest BCUT2D eigenvalue weighted by Crippen LogP contribution is -2.56. The highest BCUT2D eigenvalue weighted by molar-refractivity contribution is 5.84. The molecule has 0 aromatic carbocycles. The molecule has 0 bridgehead atoms. The molecule has 128 valence electrons. The van der Waals surface area contributed by atoms with Gasteiger partial charge in [-0.1, -0.05) is 0 Å². The van der Waals surface area contributed by atoms with Crippen LogP contribution in [0.5, 0.6) is 0 Å². The normalized spacial score (nSPS) is 25.2. The van der Waals surface area contributed by atoms with Gasteiger partial charge in [-0.05, 0) is 38.9 Å². The average molecular weight is 321 g/mol. The highest BCUT2D eigenvalue weighted by Gasteiger charge is 2.41. The highest BCUT2D eigenvalue weighted by Crippen LogP contribution is 2.27. The molecule has 7 heteroatoms. The summed E-state index contributed by atoms with van der Waals surface area (Å²) in [6, 6.07) is 2.30. The minimum Gasteiger partial charge on any atom is -0.379 e. The average Bonchev–Trinajstić information content (AvgIpc) is 3.12. The standard InChI is InChI=1S/C16H27N5O2/c1-14-13-23-12-11-20(14)10-8-18-15(22)16(3-6-17-7-4-16)21-9-2-5-19-21/h2,5,9,14,17H,3-4,6-8,10-13H2,1H3,(H,18,22). The number of carbonyl (C=O) groups excluding carboxylic acids is 1. The highest BCUT2D eigenvalue weighted by atomic mass is 16.5. The molecular formula is C16H27N5O2. The van der Waals surface area contributed by atoms with E-state index in [1.807, 2.05) is 16.9 Å². The molecule has 3 rings (SSSR count). The molecular weight excluding hydrogens is 294 g/mol. The number of piperidine rings is 1. The van der Waals surface area contributed by atoms with Crippen LogP contribution < -0.4 is 10.6 Å². The zero-order valence-corrected chi connectivity index (χ0v) is 13.8. The Morgan fingerprint density at radius 3 is 3.00 bits per heavy atom. The van der Waals surface area contributed by atoms with Crippen LogP contribution in [-0.4, -0.2) is 72.6 Å². The van der Waals surface area contributed by atoms with Crippen molar-refractivity contribution < 1.29 is 9.53 Å². The lowest BCUT2D eigenvalue weighted by molar-refractivity contribution is -0.132. The first-order chi connectivity index (χ1) is 11.2. The fourth-order valence-electron chi connectivity index (χ4n) is 3.49. The Kier molecular flexibility index (Phi) is 5.30. The van der Waals surface area contributed by atoms with Gasteiger partial charge in [-0.2, -0.15) is 5.10 Å². The minimum absolute atomic E-state index is 0.0867. The zero-order valence-electron chi connectivity index (χ0n) is 13.8. The first-order valence-electron chi connectivity index (χ1n) is 8.53. The summed E-state index contributed by atoms with van der Waals surface area (Å²) in [4.78, 5) is 15.3. The van der Waals surface area contributed by atoms with Crippen molar-refractivity contribution in [1.29, 1.82) is 0 Å². The number of aromatic nitrogens is 2. The van der Waals surface area contributed by atoms with Crippen molar-refractivity contribution in [2.75, 3.05) is 45.9 Å². The van der Waals surface area contributed by atoms with Gasteiger partial charge in [0.05, 0.1) is 13.2 Å². The Balaban J connectivity index is 1.58. The molecule has 2 fully saturated rings. The Morgan fingerprint density at radius 1 is 1.48 bits per heavy atom. The summed E-state index contributed by atoms with van der Waals surface area (Å²) in [5.74, 6) is 0.0867. The molecule has 3 heterocycles. The van der Waals surface area contributed by atoms with Crippen molar-refractivity contribution in [3.63, 3.8) is 0 Å². The molecule has 2 N–H and O–H groups in total. The van der Waals surface area contributed by atoms with Crippen LogP contribution in [0.4, 0.5) is 0 Å². The van der Waals surface area contributed by atoms with E-state index in [0.29, 0.717) is 12.6 Å². The molecule has 23 heavy (non-hydrogen) atoms. The smallest absolute Gasteiger partial charge is 0.248 e. The summed E-state index contributed by atoms with van der Waals surface area (Å²) in [5.41, 5.74) is -0.550. The number of hydrogen-bond acceptors (Lipinski definition) is 5. The summed E-state index contributed by atoms with van der Waals surface area (Å²) >= 11 is 0. The molecule has 1 unspecified atom stereocenters. The van der Waals surface area contributed by atoms with Crippen LogP contribution in [0, 0.1) is 0 Å². The number of hydrogen-bond donors (Lipinski definition) is 2. The van der Waals surface area contributed by atoms with Crippen LogP contribution >= 0.6 is 0 Å². The molecule has 1 aromatic rings.